The lowest BCUT2D eigenvalue weighted by Gasteiger charge is -2.44. The third kappa shape index (κ3) is 9.83. The maximum Gasteiger partial charge on any atom is 0.219 e. The van der Waals surface area contributed by atoms with Crippen LogP contribution in [0.3, 0.4) is 0 Å². The molecule has 0 aromatic rings. The van der Waals surface area contributed by atoms with E-state index in [0.29, 0.717) is 11.8 Å². The number of nitrogens with two attached hydrogens (primary N) is 2. The van der Waals surface area contributed by atoms with Crippen LogP contribution in [0.4, 0.5) is 0 Å². The highest BCUT2D eigenvalue weighted by molar-refractivity contribution is 5.75. The molecule has 3 rings (SSSR count). The van der Waals surface area contributed by atoms with Gasteiger partial charge in [0.05, 0.1) is 5.66 Å². The lowest BCUT2D eigenvalue weighted by molar-refractivity contribution is -0.121. The lowest BCUT2D eigenvalue weighted by atomic mass is 9.70. The topological polar surface area (TPSA) is 81.1 Å². The molecule has 2 saturated carbocycles. The molecule has 5 N–H and O–H groups in total. The van der Waals surface area contributed by atoms with Crippen molar-refractivity contribution in [1.82, 2.24) is 5.32 Å². The zero-order valence-corrected chi connectivity index (χ0v) is 19.1. The average molecular weight is 408 g/mol. The van der Waals surface area contributed by atoms with Crippen LogP contribution in [0.5, 0.6) is 0 Å². The Morgan fingerprint density at radius 1 is 0.586 bits per heavy atom. The summed E-state index contributed by atoms with van der Waals surface area (Å²) in [4.78, 5) is 11.3. The molecular weight excluding hydrogens is 358 g/mol. The van der Waals surface area contributed by atoms with Gasteiger partial charge in [0.1, 0.15) is 0 Å². The maximum absolute atomic E-state index is 11.3. The van der Waals surface area contributed by atoms with E-state index in [1.54, 1.807) is 0 Å². The van der Waals surface area contributed by atoms with Crippen molar-refractivity contribution in [2.45, 2.75) is 134 Å². The largest absolute Gasteiger partial charge is 0.356 e. The first kappa shape index (κ1) is 24.7. The summed E-state index contributed by atoms with van der Waals surface area (Å²) in [6.07, 6.45) is 25.5. The van der Waals surface area contributed by atoms with Crippen LogP contribution in [-0.2, 0) is 4.79 Å². The fourth-order valence-electron chi connectivity index (χ4n) is 5.50. The van der Waals surface area contributed by atoms with E-state index in [0.717, 1.165) is 25.8 Å². The van der Waals surface area contributed by atoms with Crippen molar-refractivity contribution >= 4 is 5.91 Å². The predicted molar refractivity (Wildman–Crippen MR) is 123 cm³/mol. The molecule has 3 aliphatic rings. The zero-order chi connectivity index (χ0) is 20.8. The van der Waals surface area contributed by atoms with E-state index in [4.69, 9.17) is 11.5 Å². The van der Waals surface area contributed by atoms with Crippen molar-refractivity contribution in [3.8, 4) is 0 Å². The van der Waals surface area contributed by atoms with Crippen LogP contribution in [0.15, 0.2) is 0 Å². The average Bonchev–Trinajstić information content (AvgIpc) is 2.78. The molecule has 0 atom stereocenters. The highest BCUT2D eigenvalue weighted by atomic mass is 16.1. The smallest absolute Gasteiger partial charge is 0.219 e. The molecule has 1 amide bonds. The van der Waals surface area contributed by atoms with E-state index >= 15 is 0 Å². The van der Waals surface area contributed by atoms with E-state index in [9.17, 15) is 4.79 Å². The van der Waals surface area contributed by atoms with Crippen molar-refractivity contribution in [1.29, 1.82) is 0 Å². The molecular formula is C25H49N3O. The van der Waals surface area contributed by atoms with Gasteiger partial charge in [-0.25, -0.2) is 0 Å². The van der Waals surface area contributed by atoms with E-state index in [-0.39, 0.29) is 11.6 Å². The highest BCUT2D eigenvalue weighted by Crippen LogP contribution is 2.38. The van der Waals surface area contributed by atoms with Crippen molar-refractivity contribution in [2.75, 3.05) is 6.54 Å². The second-order valence-electron chi connectivity index (χ2n) is 9.95. The van der Waals surface area contributed by atoms with Crippen molar-refractivity contribution < 1.29 is 4.79 Å². The Morgan fingerprint density at radius 2 is 0.966 bits per heavy atom. The number of carbonyl (C=O) groups is 1. The molecule has 1 heterocycles. The lowest BCUT2D eigenvalue weighted by Crippen LogP contribution is -2.61. The molecule has 4 heteroatoms. The van der Waals surface area contributed by atoms with Gasteiger partial charge in [-0.15, -0.1) is 0 Å². The van der Waals surface area contributed by atoms with Gasteiger partial charge < -0.3 is 16.8 Å². The Balaban J connectivity index is 0.000000208. The normalized spacial score (nSPS) is 24.8. The minimum atomic E-state index is -0.360. The van der Waals surface area contributed by atoms with E-state index < -0.39 is 0 Å². The molecule has 29 heavy (non-hydrogen) atoms. The van der Waals surface area contributed by atoms with Gasteiger partial charge in [-0.2, -0.15) is 0 Å². The van der Waals surface area contributed by atoms with Crippen LogP contribution in [0, 0.1) is 11.8 Å². The Hall–Kier alpha value is -0.610. The first-order valence-corrected chi connectivity index (χ1v) is 12.9. The minimum Gasteiger partial charge on any atom is -0.356 e. The predicted octanol–water partition coefficient (Wildman–Crippen LogP) is 5.78. The zero-order valence-electron chi connectivity index (χ0n) is 19.1. The summed E-state index contributed by atoms with van der Waals surface area (Å²) in [5.41, 5.74) is 12.5. The SMILES string of the molecule is NC(N)(C1CCCCC1)C1CCCCC1.O=C1CCCCCCCCCCCN1. The summed E-state index contributed by atoms with van der Waals surface area (Å²) >= 11 is 0. The molecule has 0 aromatic heterocycles. The molecule has 3 fully saturated rings. The van der Waals surface area contributed by atoms with Crippen LogP contribution < -0.4 is 16.8 Å². The highest BCUT2D eigenvalue weighted by Gasteiger charge is 2.39. The first-order valence-electron chi connectivity index (χ1n) is 12.9. The summed E-state index contributed by atoms with van der Waals surface area (Å²) < 4.78 is 0. The molecule has 0 aromatic carbocycles. The molecule has 1 aliphatic heterocycles. The van der Waals surface area contributed by atoms with Crippen molar-refractivity contribution in [3.05, 3.63) is 0 Å². The maximum atomic E-state index is 11.3. The minimum absolute atomic E-state index is 0.254. The molecule has 2 aliphatic carbocycles. The second-order valence-corrected chi connectivity index (χ2v) is 9.95. The van der Waals surface area contributed by atoms with Crippen LogP contribution in [0.1, 0.15) is 128 Å². The molecule has 0 spiro atoms. The number of hydrogen-bond acceptors (Lipinski definition) is 3. The Morgan fingerprint density at radius 3 is 1.45 bits per heavy atom. The van der Waals surface area contributed by atoms with Crippen LogP contribution in [0.25, 0.3) is 0 Å². The summed E-state index contributed by atoms with van der Waals surface area (Å²) in [5.74, 6) is 1.44. The molecule has 1 saturated heterocycles. The van der Waals surface area contributed by atoms with Gasteiger partial charge in [0.15, 0.2) is 0 Å². The van der Waals surface area contributed by atoms with Crippen LogP contribution >= 0.6 is 0 Å². The number of rotatable bonds is 2. The Labute approximate surface area is 180 Å². The van der Waals surface area contributed by atoms with E-state index in [1.165, 1.54) is 109 Å². The fourth-order valence-corrected chi connectivity index (χ4v) is 5.50. The van der Waals surface area contributed by atoms with Crippen molar-refractivity contribution in [2.24, 2.45) is 23.3 Å². The molecule has 170 valence electrons. The summed E-state index contributed by atoms with van der Waals surface area (Å²) in [6, 6.07) is 0. The summed E-state index contributed by atoms with van der Waals surface area (Å²) in [6.45, 7) is 0.888. The number of carbonyl (C=O) groups excluding carboxylic acids is 1. The van der Waals surface area contributed by atoms with Gasteiger partial charge >= 0.3 is 0 Å². The van der Waals surface area contributed by atoms with Gasteiger partial charge in [0, 0.05) is 13.0 Å². The summed E-state index contributed by atoms with van der Waals surface area (Å²) in [7, 11) is 0. The van der Waals surface area contributed by atoms with E-state index in [2.05, 4.69) is 5.32 Å². The molecule has 4 nitrogen and oxygen atoms in total. The quantitative estimate of drug-likeness (QED) is 0.508. The monoisotopic (exact) mass is 407 g/mol. The number of nitrogens with one attached hydrogen (secondary N) is 1. The van der Waals surface area contributed by atoms with Crippen molar-refractivity contribution in [3.63, 3.8) is 0 Å². The third-order valence-corrected chi connectivity index (χ3v) is 7.53. The standard InChI is InChI=1S/C13H26N2.C12H23NO/c14-13(15,11-7-3-1-4-8-11)12-9-5-2-6-10-12;14-12-10-8-6-4-2-1-3-5-7-9-11-13-12/h11-12H,1-10,14-15H2;1-11H2,(H,13,14). The second kappa shape index (κ2) is 14.4. The number of amides is 1. The van der Waals surface area contributed by atoms with Gasteiger partial charge in [0.25, 0.3) is 0 Å². The third-order valence-electron chi connectivity index (χ3n) is 7.53. The summed E-state index contributed by atoms with van der Waals surface area (Å²) in [5, 5.41) is 2.98. The molecule has 0 unspecified atom stereocenters. The van der Waals surface area contributed by atoms with Crippen LogP contribution in [0.2, 0.25) is 0 Å². The Kier molecular flexibility index (Phi) is 12.2. The van der Waals surface area contributed by atoms with Gasteiger partial charge in [-0.3, -0.25) is 4.79 Å². The van der Waals surface area contributed by atoms with E-state index in [1.807, 2.05) is 0 Å². The molecule has 0 bridgehead atoms. The van der Waals surface area contributed by atoms with Gasteiger partial charge in [0.2, 0.25) is 5.91 Å². The van der Waals surface area contributed by atoms with Gasteiger partial charge in [-0.1, -0.05) is 83.5 Å². The Bertz CT molecular complexity index is 390. The molecule has 0 radical (unpaired) electrons. The number of hydrogen-bond donors (Lipinski definition) is 3. The first-order chi connectivity index (χ1) is 14.1. The van der Waals surface area contributed by atoms with Gasteiger partial charge in [-0.05, 0) is 50.4 Å². The fraction of sp³-hybridized carbons (Fsp3) is 0.960. The van der Waals surface area contributed by atoms with Crippen LogP contribution in [-0.4, -0.2) is 18.1 Å².